The first-order valence-corrected chi connectivity index (χ1v) is 27.8. The van der Waals surface area contributed by atoms with Crippen LogP contribution in [0.15, 0.2) is 108 Å². The molecule has 0 aliphatic carbocycles. The number of thioether (sulfide) groups is 2. The van der Waals surface area contributed by atoms with E-state index in [0.717, 1.165) is 35.5 Å². The first-order chi connectivity index (χ1) is 27.3. The van der Waals surface area contributed by atoms with Crippen LogP contribution in [0, 0.1) is 11.3 Å². The molecule has 10 heteroatoms. The van der Waals surface area contributed by atoms with Crippen LogP contribution in [0.4, 0.5) is 0 Å². The van der Waals surface area contributed by atoms with Gasteiger partial charge in [0.15, 0.2) is 13.9 Å². The summed E-state index contributed by atoms with van der Waals surface area (Å²) in [6.07, 6.45) is 15.6. The van der Waals surface area contributed by atoms with E-state index in [4.69, 9.17) is 18.3 Å². The summed E-state index contributed by atoms with van der Waals surface area (Å²) in [5.41, 5.74) is 0.894. The number of esters is 1. The van der Waals surface area contributed by atoms with Crippen molar-refractivity contribution in [2.75, 3.05) is 18.1 Å². The molecule has 3 aliphatic heterocycles. The zero-order valence-corrected chi connectivity index (χ0v) is 40.3. The molecule has 58 heavy (non-hydrogen) atoms. The number of hydrogen-bond acceptors (Lipinski definition) is 8. The molecule has 0 N–H and O–H groups in total. The van der Waals surface area contributed by atoms with Crippen molar-refractivity contribution >= 4 is 56.5 Å². The lowest BCUT2D eigenvalue weighted by Crippen LogP contribution is -2.67. The lowest BCUT2D eigenvalue weighted by molar-refractivity contribution is -0.144. The summed E-state index contributed by atoms with van der Waals surface area (Å²) < 4.78 is 27.6. The normalized spacial score (nSPS) is 28.4. The third kappa shape index (κ3) is 11.6. The van der Waals surface area contributed by atoms with E-state index in [1.165, 1.54) is 22.9 Å². The number of hydrogen-bond donors (Lipinski definition) is 0. The summed E-state index contributed by atoms with van der Waals surface area (Å²) in [4.78, 5) is 13.7. The Morgan fingerprint density at radius 1 is 0.897 bits per heavy atom. The van der Waals surface area contributed by atoms with Gasteiger partial charge in [0.05, 0.1) is 22.9 Å². The van der Waals surface area contributed by atoms with Gasteiger partial charge >= 0.3 is 5.97 Å². The first kappa shape index (κ1) is 46.4. The fourth-order valence-corrected chi connectivity index (χ4v) is 17.7. The molecule has 0 radical (unpaired) electrons. The molecule has 4 atom stereocenters. The second kappa shape index (κ2) is 19.4. The van der Waals surface area contributed by atoms with Gasteiger partial charge in [0.25, 0.3) is 8.32 Å². The van der Waals surface area contributed by atoms with E-state index in [2.05, 4.69) is 152 Å². The summed E-state index contributed by atoms with van der Waals surface area (Å²) in [6.45, 7) is 22.1. The summed E-state index contributed by atoms with van der Waals surface area (Å²) >= 11 is 4.17. The molecule has 2 saturated heterocycles. The van der Waals surface area contributed by atoms with Gasteiger partial charge in [0.2, 0.25) is 0 Å². The number of allylic oxidation sites excluding steroid dienone is 2. The molecule has 0 saturated carbocycles. The van der Waals surface area contributed by atoms with Crippen LogP contribution in [-0.2, 0) is 23.1 Å². The molecular formula is C48H67NO5S2Si2. The van der Waals surface area contributed by atoms with Gasteiger partial charge in [-0.15, -0.1) is 23.5 Å². The smallest absolute Gasteiger partial charge is 0.331 e. The summed E-state index contributed by atoms with van der Waals surface area (Å²) in [5.74, 6) is 1.88. The number of rotatable bonds is 7. The van der Waals surface area contributed by atoms with Crippen LogP contribution in [0.25, 0.3) is 0 Å². The number of fused-ring (bicyclic) bond motifs is 2. The van der Waals surface area contributed by atoms with E-state index < -0.39 is 34.3 Å². The van der Waals surface area contributed by atoms with Crippen molar-refractivity contribution in [1.29, 1.82) is 5.26 Å². The maximum Gasteiger partial charge on any atom is 0.331 e. The van der Waals surface area contributed by atoms with Crippen LogP contribution >= 0.6 is 23.5 Å². The molecule has 6 nitrogen and oxygen atoms in total. The average molecular weight is 858 g/mol. The van der Waals surface area contributed by atoms with Gasteiger partial charge in [-0.2, -0.15) is 5.26 Å². The van der Waals surface area contributed by atoms with Crippen molar-refractivity contribution in [2.24, 2.45) is 0 Å². The number of nitrogens with zero attached hydrogens (tertiary/aromatic N) is 1. The molecule has 2 fully saturated rings. The highest BCUT2D eigenvalue weighted by Crippen LogP contribution is 2.52. The standard InChI is InChI=1S/C48H67NO5S2Si2/c1-37-20-17-26-44(50)53-41(35-51-58(46(6,7)8,42-22-13-11-14-23-42)43-24-15-12-16-25-43)31-38(2)30-40-34-48(55-28-19-29-56-48)33-39(52-40)21-18-27-47(32-37,36-49)54-57(9,10)45(3,4)5/h11-18,20,22-27,30,39-41H,19,21,28-29,31-35H2,1-10H3/b26-17+,27-18+,37-20-,38-30+/t39-,40+,41-,47?/m1/s1. The molecule has 1 unspecified atom stereocenters. The quantitative estimate of drug-likeness (QED) is 0.155. The SMILES string of the molecule is C/C1=C/C=C/C(=O)O[C@@H](CO[Si](c2ccccc2)(c2ccccc2)C(C)(C)C)C/C(C)=C/[C@H]2CC3(C[C@@H](C/C=C/C(C#N)(O[Si](C)(C)C(C)(C)C)C1)O2)SCCCS3. The number of cyclic esters (lactones) is 1. The molecular weight excluding hydrogens is 791 g/mol. The Balaban J connectivity index is 1.54. The van der Waals surface area contributed by atoms with E-state index in [0.29, 0.717) is 19.3 Å². The zero-order valence-electron chi connectivity index (χ0n) is 36.6. The number of ether oxygens (including phenoxy) is 2. The van der Waals surface area contributed by atoms with Crippen molar-refractivity contribution in [3.8, 4) is 6.07 Å². The Labute approximate surface area is 360 Å². The Morgan fingerprint density at radius 2 is 1.52 bits per heavy atom. The maximum atomic E-state index is 13.7. The van der Waals surface area contributed by atoms with Crippen LogP contribution in [0.2, 0.25) is 23.2 Å². The van der Waals surface area contributed by atoms with Crippen molar-refractivity contribution in [1.82, 2.24) is 0 Å². The molecule has 2 bridgehead atoms. The number of carbonyl (C=O) groups excluding carboxylic acids is 1. The van der Waals surface area contributed by atoms with Crippen molar-refractivity contribution in [3.05, 3.63) is 108 Å². The molecule has 5 rings (SSSR count). The Hall–Kier alpha value is -2.63. The Kier molecular flexibility index (Phi) is 15.5. The number of carbonyl (C=O) groups is 1. The lowest BCUT2D eigenvalue weighted by atomic mass is 9.94. The second-order valence-corrected chi connectivity index (χ2v) is 31.2. The highest BCUT2D eigenvalue weighted by atomic mass is 32.2. The van der Waals surface area contributed by atoms with Gasteiger partial charge in [0.1, 0.15) is 12.2 Å². The van der Waals surface area contributed by atoms with Gasteiger partial charge in [-0.3, -0.25) is 0 Å². The van der Waals surface area contributed by atoms with Gasteiger partial charge in [0, 0.05) is 25.3 Å². The van der Waals surface area contributed by atoms with Crippen LogP contribution < -0.4 is 10.4 Å². The minimum atomic E-state index is -2.90. The largest absolute Gasteiger partial charge is 0.456 e. The number of nitriles is 1. The maximum absolute atomic E-state index is 13.7. The molecule has 2 aromatic rings. The van der Waals surface area contributed by atoms with E-state index in [1.807, 2.05) is 31.2 Å². The number of benzene rings is 2. The van der Waals surface area contributed by atoms with Gasteiger partial charge in [-0.1, -0.05) is 138 Å². The molecule has 314 valence electrons. The Morgan fingerprint density at radius 3 is 2.09 bits per heavy atom. The van der Waals surface area contributed by atoms with Gasteiger partial charge in [-0.05, 0) is 84.2 Å². The van der Waals surface area contributed by atoms with Crippen LogP contribution in [0.5, 0.6) is 0 Å². The van der Waals surface area contributed by atoms with E-state index in [-0.39, 0.29) is 33.0 Å². The molecule has 0 aromatic heterocycles. The van der Waals surface area contributed by atoms with Gasteiger partial charge < -0.3 is 18.3 Å². The summed E-state index contributed by atoms with van der Waals surface area (Å²) in [7, 11) is -5.26. The van der Waals surface area contributed by atoms with Gasteiger partial charge in [-0.25, -0.2) is 4.79 Å². The minimum absolute atomic E-state index is 0.00743. The minimum Gasteiger partial charge on any atom is -0.456 e. The summed E-state index contributed by atoms with van der Waals surface area (Å²) in [6, 6.07) is 23.8. The fourth-order valence-electron chi connectivity index (χ4n) is 8.24. The molecule has 1 spiro atoms. The predicted octanol–water partition coefficient (Wildman–Crippen LogP) is 11.1. The van der Waals surface area contributed by atoms with Crippen molar-refractivity contribution in [2.45, 2.75) is 145 Å². The van der Waals surface area contributed by atoms with Crippen LogP contribution in [0.3, 0.4) is 0 Å². The molecule has 3 aliphatic rings. The fraction of sp³-hybridized carbons (Fsp3) is 0.542. The van der Waals surface area contributed by atoms with Crippen LogP contribution in [0.1, 0.15) is 93.9 Å². The van der Waals surface area contributed by atoms with E-state index in [1.54, 1.807) is 6.08 Å². The first-order valence-electron chi connectivity index (χ1n) is 21.0. The second-order valence-electron chi connectivity index (χ2n) is 19.0. The zero-order chi connectivity index (χ0) is 42.2. The highest BCUT2D eigenvalue weighted by molar-refractivity contribution is 8.18. The molecule has 2 aromatic carbocycles. The van der Waals surface area contributed by atoms with Crippen molar-refractivity contribution in [3.63, 3.8) is 0 Å². The predicted molar refractivity (Wildman–Crippen MR) is 250 cm³/mol. The monoisotopic (exact) mass is 857 g/mol. The van der Waals surface area contributed by atoms with Crippen molar-refractivity contribution < 1.29 is 23.1 Å². The summed E-state index contributed by atoms with van der Waals surface area (Å²) in [5, 5.41) is 12.9. The third-order valence-electron chi connectivity index (χ3n) is 12.0. The lowest BCUT2D eigenvalue weighted by Gasteiger charge is -2.45. The van der Waals surface area contributed by atoms with E-state index >= 15 is 0 Å². The highest BCUT2D eigenvalue weighted by Gasteiger charge is 2.51. The Bertz CT molecular complexity index is 1810. The third-order valence-corrected chi connectivity index (χ3v) is 24.9. The molecule has 0 amide bonds. The topological polar surface area (TPSA) is 77.8 Å². The van der Waals surface area contributed by atoms with E-state index in [9.17, 15) is 10.1 Å². The average Bonchev–Trinajstić information content (AvgIpc) is 3.14. The van der Waals surface area contributed by atoms with Crippen LogP contribution in [-0.4, -0.2) is 68.7 Å². The molecule has 3 heterocycles.